The molecule has 0 aromatic heterocycles. The topological polar surface area (TPSA) is 163 Å². The predicted molar refractivity (Wildman–Crippen MR) is 149 cm³/mol. The molecule has 2 rings (SSSR count). The van der Waals surface area contributed by atoms with Crippen molar-refractivity contribution < 1.29 is 28.3 Å². The molecule has 0 bridgehead atoms. The number of carbonyl (C=O) groups excluding carboxylic acids is 3. The first kappa shape index (κ1) is 32.1. The van der Waals surface area contributed by atoms with Crippen molar-refractivity contribution in [1.29, 1.82) is 5.41 Å². The Morgan fingerprint density at radius 2 is 1.55 bits per heavy atom. The zero-order valence-electron chi connectivity index (χ0n) is 22.8. The summed E-state index contributed by atoms with van der Waals surface area (Å²) in [6, 6.07) is 5.81. The van der Waals surface area contributed by atoms with Gasteiger partial charge in [-0.2, -0.15) is 0 Å². The molecule has 2 aromatic carbocycles. The van der Waals surface area contributed by atoms with Crippen molar-refractivity contribution in [3.05, 3.63) is 82.1 Å². The molecule has 0 aliphatic rings. The quantitative estimate of drug-likeness (QED) is 0.212. The van der Waals surface area contributed by atoms with E-state index >= 15 is 0 Å². The highest BCUT2D eigenvalue weighted by Gasteiger charge is 2.25. The number of rotatable bonds is 15. The van der Waals surface area contributed by atoms with E-state index in [1.807, 2.05) is 13.8 Å². The van der Waals surface area contributed by atoms with Gasteiger partial charge in [0.2, 0.25) is 5.91 Å². The number of nitrogens with zero attached hydrogens (tertiary/aromatic N) is 1. The van der Waals surface area contributed by atoms with E-state index in [0.29, 0.717) is 37.7 Å². The average Bonchev–Trinajstić information content (AvgIpc) is 2.90. The second kappa shape index (κ2) is 15.5. The number of carbonyl (C=O) groups is 3. The van der Waals surface area contributed by atoms with E-state index in [1.54, 1.807) is 4.90 Å². The van der Waals surface area contributed by atoms with Gasteiger partial charge in [-0.15, -0.1) is 0 Å². The van der Waals surface area contributed by atoms with Crippen LogP contribution in [0.1, 0.15) is 76.2 Å². The number of aliphatic hydroxyl groups excluding tert-OH is 1. The summed E-state index contributed by atoms with van der Waals surface area (Å²) >= 11 is 0. The minimum absolute atomic E-state index is 0.0431. The molecule has 216 valence electrons. The first-order valence-corrected chi connectivity index (χ1v) is 13.1. The molecule has 0 aliphatic heterocycles. The zero-order valence-corrected chi connectivity index (χ0v) is 22.8. The molecule has 9 nitrogen and oxygen atoms in total. The van der Waals surface area contributed by atoms with Crippen LogP contribution in [0.2, 0.25) is 0 Å². The predicted octanol–water partition coefficient (Wildman–Crippen LogP) is 3.30. The van der Waals surface area contributed by atoms with Crippen molar-refractivity contribution in [2.45, 2.75) is 58.1 Å². The zero-order chi connectivity index (χ0) is 29.8. The van der Waals surface area contributed by atoms with Crippen LogP contribution in [-0.4, -0.2) is 59.2 Å². The lowest BCUT2D eigenvalue weighted by Crippen LogP contribution is -2.45. The highest BCUT2D eigenvalue weighted by Crippen LogP contribution is 2.18. The fraction of sp³-hybridized carbons (Fsp3) is 0.379. The Bertz CT molecular complexity index is 1220. The smallest absolute Gasteiger partial charge is 0.253 e. The number of nitrogens with two attached hydrogens (primary N) is 2. The molecule has 40 heavy (non-hydrogen) atoms. The van der Waals surface area contributed by atoms with Crippen LogP contribution in [0.25, 0.3) is 0 Å². The van der Waals surface area contributed by atoms with Crippen molar-refractivity contribution in [3.8, 4) is 0 Å². The second-order valence-corrected chi connectivity index (χ2v) is 9.53. The highest BCUT2D eigenvalue weighted by molar-refractivity contribution is 6.04. The maximum atomic E-state index is 13.8. The van der Waals surface area contributed by atoms with Crippen molar-refractivity contribution >= 4 is 23.9 Å². The van der Waals surface area contributed by atoms with E-state index in [9.17, 15) is 28.3 Å². The number of amides is 3. The van der Waals surface area contributed by atoms with E-state index in [0.717, 1.165) is 18.3 Å². The van der Waals surface area contributed by atoms with Crippen molar-refractivity contribution in [2.75, 3.05) is 13.1 Å². The summed E-state index contributed by atoms with van der Waals surface area (Å²) in [6.07, 6.45) is 2.74. The molecule has 2 atom stereocenters. The van der Waals surface area contributed by atoms with Gasteiger partial charge < -0.3 is 32.2 Å². The van der Waals surface area contributed by atoms with Gasteiger partial charge in [0.25, 0.3) is 11.8 Å². The van der Waals surface area contributed by atoms with Crippen molar-refractivity contribution in [3.63, 3.8) is 0 Å². The van der Waals surface area contributed by atoms with Gasteiger partial charge in [-0.1, -0.05) is 13.8 Å². The Hall–Kier alpha value is -4.12. The highest BCUT2D eigenvalue weighted by atomic mass is 19.1. The van der Waals surface area contributed by atoms with Crippen LogP contribution in [0, 0.1) is 17.0 Å². The summed E-state index contributed by atoms with van der Waals surface area (Å²) in [5.74, 6) is -3.54. The molecule has 0 radical (unpaired) electrons. The Kier molecular flexibility index (Phi) is 12.4. The number of halogens is 2. The van der Waals surface area contributed by atoms with Gasteiger partial charge in [0.15, 0.2) is 0 Å². The van der Waals surface area contributed by atoms with Crippen molar-refractivity contribution in [2.24, 2.45) is 11.5 Å². The summed E-state index contributed by atoms with van der Waals surface area (Å²) < 4.78 is 27.7. The number of allylic oxidation sites excluding steroid dienone is 2. The molecule has 2 unspecified atom stereocenters. The summed E-state index contributed by atoms with van der Waals surface area (Å²) in [5.41, 5.74) is 11.8. The van der Waals surface area contributed by atoms with E-state index in [-0.39, 0.29) is 47.4 Å². The van der Waals surface area contributed by atoms with Gasteiger partial charge in [0.1, 0.15) is 11.6 Å². The molecule has 0 heterocycles. The third-order valence-corrected chi connectivity index (χ3v) is 6.19. The van der Waals surface area contributed by atoms with Gasteiger partial charge in [0, 0.05) is 47.8 Å². The van der Waals surface area contributed by atoms with Gasteiger partial charge in [-0.3, -0.25) is 14.4 Å². The van der Waals surface area contributed by atoms with Crippen LogP contribution in [0.5, 0.6) is 0 Å². The van der Waals surface area contributed by atoms with Crippen molar-refractivity contribution in [1.82, 2.24) is 10.2 Å². The summed E-state index contributed by atoms with van der Waals surface area (Å²) in [4.78, 5) is 40.2. The summed E-state index contributed by atoms with van der Waals surface area (Å²) in [6.45, 7) is 4.84. The number of primary amides is 1. The molecule has 0 saturated heterocycles. The van der Waals surface area contributed by atoms with Crippen LogP contribution in [0.15, 0.2) is 48.2 Å². The normalized spacial score (nSPS) is 12.9. The number of benzene rings is 2. The van der Waals surface area contributed by atoms with Crippen LogP contribution in [-0.2, 0) is 6.42 Å². The Labute approximate surface area is 232 Å². The number of nitrogens with one attached hydrogen (secondary N) is 2. The van der Waals surface area contributed by atoms with Gasteiger partial charge in [-0.05, 0) is 74.1 Å². The average molecular weight is 558 g/mol. The Morgan fingerprint density at radius 3 is 2.10 bits per heavy atom. The third kappa shape index (κ3) is 9.57. The first-order valence-electron chi connectivity index (χ1n) is 13.1. The second-order valence-electron chi connectivity index (χ2n) is 9.53. The lowest BCUT2D eigenvalue weighted by atomic mass is 9.96. The van der Waals surface area contributed by atoms with Gasteiger partial charge in [-0.25, -0.2) is 8.78 Å². The maximum Gasteiger partial charge on any atom is 0.253 e. The van der Waals surface area contributed by atoms with Crippen LogP contribution >= 0.6 is 0 Å². The minimum atomic E-state index is -1.20. The van der Waals surface area contributed by atoms with E-state index in [1.165, 1.54) is 24.3 Å². The number of aliphatic hydroxyl groups is 1. The number of hydrogen-bond acceptors (Lipinski definition) is 6. The largest absolute Gasteiger partial charge is 0.402 e. The van der Waals surface area contributed by atoms with E-state index < -0.39 is 35.6 Å². The molecular formula is C29H37F2N5O4. The molecule has 0 spiro atoms. The molecule has 0 saturated carbocycles. The summed E-state index contributed by atoms with van der Waals surface area (Å²) in [5, 5.41) is 20.7. The SMILES string of the molecule is CCCN(CCC)C(=O)c1cc(C(N)=O)cc(C(=O)NC(Cc2cc(F)cc(F)c2)C(O)CC/C(N)=C/C=N)c1. The standard InChI is InChI=1S/C29H37F2N5O4/c1-3-9-36(10-4-2)29(40)21-15-19(27(34)38)14-20(16-21)28(39)35-25(26(37)6-5-24(33)7-8-32)13-18-11-22(30)17-23(31)12-18/h7-8,11-12,14-17,25-26,32,37H,3-6,9-10,13,33H2,1-2H3,(H2,34,38)(H,35,39)/b24-7-,32-8?. The minimum Gasteiger partial charge on any atom is -0.402 e. The molecule has 2 aromatic rings. The van der Waals surface area contributed by atoms with E-state index in [2.05, 4.69) is 5.32 Å². The van der Waals surface area contributed by atoms with E-state index in [4.69, 9.17) is 16.9 Å². The molecule has 0 fully saturated rings. The van der Waals surface area contributed by atoms with Crippen LogP contribution in [0.4, 0.5) is 8.78 Å². The van der Waals surface area contributed by atoms with Crippen LogP contribution < -0.4 is 16.8 Å². The first-order chi connectivity index (χ1) is 19.0. The molecular weight excluding hydrogens is 520 g/mol. The summed E-state index contributed by atoms with van der Waals surface area (Å²) in [7, 11) is 0. The lowest BCUT2D eigenvalue weighted by molar-refractivity contribution is 0.0755. The van der Waals surface area contributed by atoms with Gasteiger partial charge >= 0.3 is 0 Å². The molecule has 7 N–H and O–H groups in total. The third-order valence-electron chi connectivity index (χ3n) is 6.19. The Balaban J connectivity index is 2.42. The fourth-order valence-electron chi connectivity index (χ4n) is 4.29. The molecule has 11 heteroatoms. The maximum absolute atomic E-state index is 13.8. The lowest BCUT2D eigenvalue weighted by Gasteiger charge is -2.25. The monoisotopic (exact) mass is 557 g/mol. The fourth-order valence-corrected chi connectivity index (χ4v) is 4.29. The number of hydrogen-bond donors (Lipinski definition) is 5. The molecule has 0 aliphatic carbocycles. The van der Waals surface area contributed by atoms with Gasteiger partial charge in [0.05, 0.1) is 12.1 Å². The van der Waals surface area contributed by atoms with Crippen LogP contribution in [0.3, 0.4) is 0 Å². The Morgan fingerprint density at radius 1 is 0.975 bits per heavy atom. The molecule has 3 amide bonds.